The molecule has 0 saturated carbocycles. The fourth-order valence-electron chi connectivity index (χ4n) is 2.69. The zero-order valence-electron chi connectivity index (χ0n) is 14.3. The minimum Gasteiger partial charge on any atom is -0.354 e. The second-order valence-corrected chi connectivity index (χ2v) is 6.01. The SMILES string of the molecule is CC(CC(=O)NCC(N)c1ccccc1)c1ccccc1C(F)(F)F.Cl. The van der Waals surface area contributed by atoms with Crippen LogP contribution in [0.15, 0.2) is 54.6 Å². The Bertz CT molecular complexity index is 707. The lowest BCUT2D eigenvalue weighted by molar-refractivity contribution is -0.138. The third kappa shape index (κ3) is 6.04. The first kappa shape index (κ1) is 22.0. The van der Waals surface area contributed by atoms with Crippen LogP contribution in [0.2, 0.25) is 0 Å². The predicted molar refractivity (Wildman–Crippen MR) is 98.1 cm³/mol. The van der Waals surface area contributed by atoms with Gasteiger partial charge in [-0.3, -0.25) is 4.79 Å². The van der Waals surface area contributed by atoms with Crippen molar-refractivity contribution in [2.24, 2.45) is 5.73 Å². The number of carbonyl (C=O) groups excluding carboxylic acids is 1. The van der Waals surface area contributed by atoms with E-state index in [0.717, 1.165) is 11.6 Å². The number of halogens is 4. The van der Waals surface area contributed by atoms with E-state index in [-0.39, 0.29) is 42.9 Å². The molecular weight excluding hydrogens is 365 g/mol. The van der Waals surface area contributed by atoms with Gasteiger partial charge in [0.05, 0.1) is 5.56 Å². The summed E-state index contributed by atoms with van der Waals surface area (Å²) in [5.41, 5.74) is 6.32. The van der Waals surface area contributed by atoms with Gasteiger partial charge in [-0.25, -0.2) is 0 Å². The van der Waals surface area contributed by atoms with E-state index in [1.54, 1.807) is 13.0 Å². The summed E-state index contributed by atoms with van der Waals surface area (Å²) in [7, 11) is 0. The molecular formula is C19H22ClF3N2O. The van der Waals surface area contributed by atoms with E-state index in [4.69, 9.17) is 5.73 Å². The molecule has 1 amide bonds. The number of rotatable bonds is 6. The predicted octanol–water partition coefficient (Wildman–Crippen LogP) is 4.44. The topological polar surface area (TPSA) is 55.1 Å². The molecule has 0 aliphatic rings. The maximum absolute atomic E-state index is 13.1. The molecule has 142 valence electrons. The van der Waals surface area contributed by atoms with Crippen molar-refractivity contribution in [2.75, 3.05) is 6.54 Å². The molecule has 3 nitrogen and oxygen atoms in total. The van der Waals surface area contributed by atoms with E-state index < -0.39 is 17.7 Å². The zero-order valence-corrected chi connectivity index (χ0v) is 15.1. The lowest BCUT2D eigenvalue weighted by Crippen LogP contribution is -2.32. The second-order valence-electron chi connectivity index (χ2n) is 6.01. The molecule has 0 saturated heterocycles. The van der Waals surface area contributed by atoms with E-state index in [1.165, 1.54) is 12.1 Å². The molecule has 0 aliphatic carbocycles. The summed E-state index contributed by atoms with van der Waals surface area (Å²) in [6, 6.07) is 14.3. The largest absolute Gasteiger partial charge is 0.416 e. The molecule has 2 rings (SSSR count). The molecule has 2 aromatic rings. The number of alkyl halides is 3. The van der Waals surface area contributed by atoms with Crippen molar-refractivity contribution in [3.05, 3.63) is 71.3 Å². The Labute approximate surface area is 157 Å². The van der Waals surface area contributed by atoms with Crippen molar-refractivity contribution in [2.45, 2.75) is 31.5 Å². The van der Waals surface area contributed by atoms with Crippen LogP contribution >= 0.6 is 12.4 Å². The van der Waals surface area contributed by atoms with Crippen LogP contribution in [-0.2, 0) is 11.0 Å². The molecule has 26 heavy (non-hydrogen) atoms. The van der Waals surface area contributed by atoms with Crippen molar-refractivity contribution < 1.29 is 18.0 Å². The molecule has 0 radical (unpaired) electrons. The van der Waals surface area contributed by atoms with Crippen LogP contribution in [0.4, 0.5) is 13.2 Å². The highest BCUT2D eigenvalue weighted by Crippen LogP contribution is 2.35. The van der Waals surface area contributed by atoms with Gasteiger partial charge in [-0.05, 0) is 23.1 Å². The Hall–Kier alpha value is -2.05. The Balaban J connectivity index is 0.00000338. The minimum absolute atomic E-state index is 0. The molecule has 0 fully saturated rings. The van der Waals surface area contributed by atoms with Crippen molar-refractivity contribution in [1.82, 2.24) is 5.32 Å². The number of nitrogens with two attached hydrogens (primary N) is 1. The van der Waals surface area contributed by atoms with Crippen LogP contribution < -0.4 is 11.1 Å². The van der Waals surface area contributed by atoms with E-state index in [0.29, 0.717) is 0 Å². The first-order valence-corrected chi connectivity index (χ1v) is 8.02. The molecule has 0 heterocycles. The van der Waals surface area contributed by atoms with Gasteiger partial charge >= 0.3 is 6.18 Å². The summed E-state index contributed by atoms with van der Waals surface area (Å²) in [4.78, 5) is 12.1. The Morgan fingerprint density at radius 1 is 1.08 bits per heavy atom. The monoisotopic (exact) mass is 386 g/mol. The van der Waals surface area contributed by atoms with E-state index in [1.807, 2.05) is 30.3 Å². The third-order valence-corrected chi connectivity index (χ3v) is 4.04. The van der Waals surface area contributed by atoms with E-state index in [9.17, 15) is 18.0 Å². The highest BCUT2D eigenvalue weighted by Gasteiger charge is 2.34. The summed E-state index contributed by atoms with van der Waals surface area (Å²) >= 11 is 0. The van der Waals surface area contributed by atoms with E-state index in [2.05, 4.69) is 5.32 Å². The molecule has 2 aromatic carbocycles. The van der Waals surface area contributed by atoms with Crippen LogP contribution in [0.1, 0.15) is 42.0 Å². The highest BCUT2D eigenvalue weighted by molar-refractivity contribution is 5.85. The number of benzene rings is 2. The van der Waals surface area contributed by atoms with Crippen LogP contribution in [0.5, 0.6) is 0 Å². The van der Waals surface area contributed by atoms with Crippen LogP contribution in [-0.4, -0.2) is 12.5 Å². The third-order valence-electron chi connectivity index (χ3n) is 4.04. The molecule has 0 aliphatic heterocycles. The van der Waals surface area contributed by atoms with Crippen LogP contribution in [0, 0.1) is 0 Å². The van der Waals surface area contributed by atoms with Gasteiger partial charge in [-0.15, -0.1) is 12.4 Å². The van der Waals surface area contributed by atoms with Gasteiger partial charge in [0.2, 0.25) is 5.91 Å². The summed E-state index contributed by atoms with van der Waals surface area (Å²) in [5, 5.41) is 2.69. The molecule has 7 heteroatoms. The van der Waals surface area contributed by atoms with Gasteiger partial charge in [0.25, 0.3) is 0 Å². The Morgan fingerprint density at radius 3 is 2.27 bits per heavy atom. The summed E-state index contributed by atoms with van der Waals surface area (Å²) in [5.74, 6) is -0.873. The molecule has 3 N–H and O–H groups in total. The standard InChI is InChI=1S/C19H21F3N2O.ClH/c1-13(15-9-5-6-10-16(15)19(20,21)22)11-18(25)24-12-17(23)14-7-3-2-4-8-14;/h2-10,13,17H,11-12,23H2,1H3,(H,24,25);1H. The maximum atomic E-state index is 13.1. The second kappa shape index (κ2) is 9.59. The van der Waals surface area contributed by atoms with Gasteiger partial charge < -0.3 is 11.1 Å². The highest BCUT2D eigenvalue weighted by atomic mass is 35.5. The molecule has 2 atom stereocenters. The number of nitrogens with one attached hydrogen (secondary N) is 1. The zero-order chi connectivity index (χ0) is 18.4. The average molecular weight is 387 g/mol. The maximum Gasteiger partial charge on any atom is 0.416 e. The van der Waals surface area contributed by atoms with Gasteiger partial charge in [-0.1, -0.05) is 55.5 Å². The minimum atomic E-state index is -4.43. The fraction of sp³-hybridized carbons (Fsp3) is 0.316. The quantitative estimate of drug-likeness (QED) is 0.771. The van der Waals surface area contributed by atoms with Gasteiger partial charge in [0, 0.05) is 19.0 Å². The van der Waals surface area contributed by atoms with E-state index >= 15 is 0 Å². The summed E-state index contributed by atoms with van der Waals surface area (Å²) < 4.78 is 39.2. The first-order valence-electron chi connectivity index (χ1n) is 8.02. The lowest BCUT2D eigenvalue weighted by atomic mass is 9.92. The fourth-order valence-corrected chi connectivity index (χ4v) is 2.69. The Morgan fingerprint density at radius 2 is 1.65 bits per heavy atom. The first-order chi connectivity index (χ1) is 11.8. The van der Waals surface area contributed by atoms with Gasteiger partial charge in [0.1, 0.15) is 0 Å². The average Bonchev–Trinajstić information content (AvgIpc) is 2.59. The molecule has 0 bridgehead atoms. The molecule has 0 spiro atoms. The van der Waals surface area contributed by atoms with Crippen molar-refractivity contribution in [3.8, 4) is 0 Å². The van der Waals surface area contributed by atoms with Crippen LogP contribution in [0.3, 0.4) is 0 Å². The lowest BCUT2D eigenvalue weighted by Gasteiger charge is -2.19. The van der Waals surface area contributed by atoms with Crippen LogP contribution in [0.25, 0.3) is 0 Å². The van der Waals surface area contributed by atoms with Gasteiger partial charge in [-0.2, -0.15) is 13.2 Å². The number of carbonyl (C=O) groups is 1. The summed E-state index contributed by atoms with van der Waals surface area (Å²) in [6.45, 7) is 1.85. The van der Waals surface area contributed by atoms with Gasteiger partial charge in [0.15, 0.2) is 0 Å². The number of hydrogen-bond donors (Lipinski definition) is 2. The normalized spacial score (nSPS) is 13.4. The van der Waals surface area contributed by atoms with Crippen molar-refractivity contribution >= 4 is 18.3 Å². The molecule has 2 unspecified atom stereocenters. The summed E-state index contributed by atoms with van der Waals surface area (Å²) in [6.07, 6.45) is -4.47. The number of amides is 1. The Kier molecular flexibility index (Phi) is 8.11. The smallest absolute Gasteiger partial charge is 0.354 e. The number of hydrogen-bond acceptors (Lipinski definition) is 2. The van der Waals surface area contributed by atoms with Crippen molar-refractivity contribution in [1.29, 1.82) is 0 Å². The van der Waals surface area contributed by atoms with Crippen molar-refractivity contribution in [3.63, 3.8) is 0 Å². The molecule has 0 aromatic heterocycles.